The lowest BCUT2D eigenvalue weighted by molar-refractivity contribution is -0.271. The molecule has 4 aliphatic carbocycles. The Morgan fingerprint density at radius 1 is 0.783 bits per heavy atom. The molecule has 29 nitrogen and oxygen atoms in total. The number of imide groups is 1. The minimum atomic E-state index is -1.97. The number of thiazole rings is 1. The molecule has 0 spiro atoms. The van der Waals surface area contributed by atoms with Gasteiger partial charge in [0.05, 0.1) is 60.7 Å². The van der Waals surface area contributed by atoms with Gasteiger partial charge in [-0.3, -0.25) is 38.9 Å². The average Bonchev–Trinajstić information content (AvgIpc) is 1.47. The topological polar surface area (TPSA) is 382 Å². The van der Waals surface area contributed by atoms with Crippen molar-refractivity contribution >= 4 is 91.8 Å². The Bertz CT molecular complexity index is 4300. The number of aliphatic hydroxyl groups is 3. The first kappa shape index (κ1) is 76.1. The van der Waals surface area contributed by atoms with Crippen molar-refractivity contribution in [2.45, 2.75) is 147 Å². The van der Waals surface area contributed by atoms with Crippen LogP contribution in [0.25, 0.3) is 27.4 Å². The van der Waals surface area contributed by atoms with Crippen LogP contribution < -0.4 is 25.6 Å². The molecular formula is C76H90N10O19S. The number of aliphatic carboxylic acids is 1. The second-order valence-corrected chi connectivity index (χ2v) is 30.3. The third-order valence-corrected chi connectivity index (χ3v) is 21.6. The van der Waals surface area contributed by atoms with E-state index in [2.05, 4.69) is 34.8 Å². The van der Waals surface area contributed by atoms with Crippen molar-refractivity contribution in [2.75, 3.05) is 88.4 Å². The van der Waals surface area contributed by atoms with Gasteiger partial charge in [-0.15, -0.1) is 0 Å². The summed E-state index contributed by atoms with van der Waals surface area (Å²) in [7, 11) is 1.57. The Kier molecular flexibility index (Phi) is 23.5. The van der Waals surface area contributed by atoms with Crippen LogP contribution in [0, 0.1) is 23.2 Å². The van der Waals surface area contributed by atoms with Gasteiger partial charge in [0.1, 0.15) is 36.5 Å². The number of para-hydroxylation sites is 1. The van der Waals surface area contributed by atoms with E-state index in [1.807, 2.05) is 71.1 Å². The van der Waals surface area contributed by atoms with Gasteiger partial charge in [-0.05, 0) is 146 Å². The Hall–Kier alpha value is -9.53. The summed E-state index contributed by atoms with van der Waals surface area (Å²) in [4.78, 5) is 115. The maximum Gasteiger partial charge on any atom is 0.409 e. The molecule has 564 valence electrons. The number of aromatic carboxylic acids is 1. The lowest BCUT2D eigenvalue weighted by Gasteiger charge is -2.69. The predicted molar refractivity (Wildman–Crippen MR) is 388 cm³/mol. The number of benzene rings is 3. The van der Waals surface area contributed by atoms with E-state index < -0.39 is 54.6 Å². The average molecular weight is 1480 g/mol. The third-order valence-electron chi connectivity index (χ3n) is 20.7. The molecule has 30 heteroatoms. The van der Waals surface area contributed by atoms with Crippen molar-refractivity contribution in [3.63, 3.8) is 0 Å². The number of nitrogens with one attached hydrogen (secondary N) is 3. The summed E-state index contributed by atoms with van der Waals surface area (Å²) in [5.41, 5.74) is 5.38. The number of carbonyl (C=O) groups is 8. The molecule has 6 aromatic rings. The van der Waals surface area contributed by atoms with Crippen molar-refractivity contribution in [2.24, 2.45) is 16.2 Å². The van der Waals surface area contributed by atoms with Crippen LogP contribution in [0.15, 0.2) is 97.2 Å². The highest BCUT2D eigenvalue weighted by Crippen LogP contribution is 2.72. The summed E-state index contributed by atoms with van der Waals surface area (Å²) in [6, 6.07) is 21.5. The minimum absolute atomic E-state index is 0.0246. The Morgan fingerprint density at radius 3 is 2.29 bits per heavy atom. The van der Waals surface area contributed by atoms with Gasteiger partial charge < -0.3 is 74.4 Å². The molecular weight excluding hydrogens is 1390 g/mol. The first-order valence-corrected chi connectivity index (χ1v) is 36.6. The van der Waals surface area contributed by atoms with E-state index in [0.717, 1.165) is 70.5 Å². The highest BCUT2D eigenvalue weighted by molar-refractivity contribution is 7.22. The Labute approximate surface area is 615 Å². The van der Waals surface area contributed by atoms with Gasteiger partial charge in [0.25, 0.3) is 17.7 Å². The number of hydrogen-bond donors (Lipinski definition) is 8. The first-order valence-electron chi connectivity index (χ1n) is 35.7. The number of carboxylic acid groups (broad SMARTS) is 2. The van der Waals surface area contributed by atoms with Gasteiger partial charge in [0.2, 0.25) is 18.1 Å². The molecule has 7 aliphatic rings. The number of aliphatic hydroxyl groups excluding tert-OH is 3. The second-order valence-electron chi connectivity index (χ2n) is 29.3. The van der Waals surface area contributed by atoms with E-state index in [0.29, 0.717) is 98.3 Å². The van der Waals surface area contributed by atoms with Crippen LogP contribution in [0.2, 0.25) is 0 Å². The maximum absolute atomic E-state index is 13.8. The Morgan fingerprint density at radius 2 is 1.54 bits per heavy atom. The van der Waals surface area contributed by atoms with Crippen molar-refractivity contribution in [3.8, 4) is 16.9 Å². The van der Waals surface area contributed by atoms with E-state index in [9.17, 15) is 63.9 Å². The number of carboxylic acids is 2. The normalized spacial score (nSPS) is 24.4. The number of likely N-dealkylation sites (N-methyl/N-ethyl adjacent to an activating group) is 1. The van der Waals surface area contributed by atoms with Crippen LogP contribution in [0.5, 0.6) is 5.75 Å². The molecule has 7 atom stereocenters. The highest BCUT2D eigenvalue weighted by atomic mass is 32.1. The summed E-state index contributed by atoms with van der Waals surface area (Å²) in [5, 5.41) is 65.4. The van der Waals surface area contributed by atoms with Gasteiger partial charge in [-0.1, -0.05) is 68.0 Å². The number of amides is 6. The highest BCUT2D eigenvalue weighted by Gasteiger charge is 2.66. The standard InChI is InChI=1S/C76H90N10O19S/c1-46-51(49-19-21-57(81-62(49)68(95)96)84-28-25-48-13-10-14-50(52(48)38-84)67(94)82-71-80-53-15-7-8-16-56(53)106-71)37-78-86(46)45-75-40-73(2)39-74(3,41-75)43-76(42-73,44-75)103-35-34-101-33-32-100-31-29-83(4)72(99)102-30-11-12-47-18-20-55(104-70-65(93)63(91)64(92)66(105-70)69(97)98)54(36-47)79-59(88)24-26-77-58(87)17-6-5-9-27-85-60(89)22-23-61(85)90/h7-8,10-16,18-23,36-37,63-66,70,91-93H,5-6,9,17,24-35,38-45H2,1-4H3,(H,77,87)(H,79,88)(H,95,96)(H,97,98)(H,80,82,94)/b12-11+/t63-,64-,65+,66-,70+,73?,74?,75?,76?/m0/s1. The zero-order valence-corrected chi connectivity index (χ0v) is 60.5. The molecule has 4 saturated carbocycles. The van der Waals surface area contributed by atoms with Gasteiger partial charge in [0.15, 0.2) is 16.9 Å². The molecule has 3 aliphatic heterocycles. The lowest BCUT2D eigenvalue weighted by atomic mass is 9.39. The first-order chi connectivity index (χ1) is 50.8. The zero-order chi connectivity index (χ0) is 75.1. The monoisotopic (exact) mass is 1480 g/mol. The number of nitrogens with zero attached hydrogens (tertiary/aromatic N) is 7. The minimum Gasteiger partial charge on any atom is -0.479 e. The quantitative estimate of drug-likeness (QED) is 0.0146. The number of anilines is 3. The van der Waals surface area contributed by atoms with Gasteiger partial charge in [-0.2, -0.15) is 5.10 Å². The molecule has 106 heavy (non-hydrogen) atoms. The van der Waals surface area contributed by atoms with Crippen molar-refractivity contribution in [1.82, 2.24) is 34.9 Å². The summed E-state index contributed by atoms with van der Waals surface area (Å²) in [6.07, 6.45) is 5.24. The van der Waals surface area contributed by atoms with Gasteiger partial charge in [0, 0.05) is 93.7 Å². The number of unbranched alkanes of at least 4 members (excludes halogenated alkanes) is 2. The molecule has 1 saturated heterocycles. The fourth-order valence-electron chi connectivity index (χ4n) is 16.9. The van der Waals surface area contributed by atoms with E-state index in [4.69, 9.17) is 38.5 Å². The maximum atomic E-state index is 13.8. The fraction of sp³-hybridized carbons (Fsp3) is 0.487. The molecule has 6 amide bonds. The molecule has 6 heterocycles. The van der Waals surface area contributed by atoms with E-state index in [-0.39, 0.29) is 115 Å². The molecule has 13 rings (SSSR count). The number of hydrogen-bond acceptors (Lipinski definition) is 22. The van der Waals surface area contributed by atoms with Crippen LogP contribution in [0.3, 0.4) is 0 Å². The van der Waals surface area contributed by atoms with Crippen LogP contribution in [0.4, 0.5) is 21.4 Å². The third kappa shape index (κ3) is 17.8. The van der Waals surface area contributed by atoms with E-state index in [1.54, 1.807) is 31.5 Å². The SMILES string of the molecule is Cc1c(-c2ccc(N3CCc4cccc(C(=O)Nc5nc6ccccc6s5)c4C3)nc2C(=O)O)cnn1CC12CC3(C)CC(C)(C1)CC(OCCOCCOCCN(C)C(=O)OC/C=C/c1ccc(O[C@@H]4O[C@H](C(=O)O)[C@@H](O)[C@H](O)[C@H]4O)c(NC(=O)CCNC(=O)CCCCCN4C(=O)C=CC4=O)c1)(C3)C2. The number of rotatable bonds is 33. The number of pyridine rings is 1. The Balaban J connectivity index is 0.576. The van der Waals surface area contributed by atoms with Crippen molar-refractivity contribution < 1.29 is 92.3 Å². The molecule has 2 unspecified atom stereocenters. The molecule has 8 N–H and O–H groups in total. The smallest absolute Gasteiger partial charge is 0.409 e. The van der Waals surface area contributed by atoms with Crippen LogP contribution >= 0.6 is 11.3 Å². The fourth-order valence-corrected chi connectivity index (χ4v) is 17.8. The molecule has 5 fully saturated rings. The number of aromatic nitrogens is 4. The number of ether oxygens (including phenoxy) is 6. The summed E-state index contributed by atoms with van der Waals surface area (Å²) >= 11 is 1.41. The van der Waals surface area contributed by atoms with E-state index in [1.165, 1.54) is 40.5 Å². The molecule has 3 aromatic heterocycles. The van der Waals surface area contributed by atoms with Crippen LogP contribution in [-0.4, -0.2) is 212 Å². The summed E-state index contributed by atoms with van der Waals surface area (Å²) in [5.74, 6) is -4.26. The molecule has 0 radical (unpaired) electrons. The molecule has 4 bridgehead atoms. The lowest BCUT2D eigenvalue weighted by Crippen LogP contribution is -2.64. The summed E-state index contributed by atoms with van der Waals surface area (Å²) < 4.78 is 38.3. The van der Waals surface area contributed by atoms with Crippen LogP contribution in [-0.2, 0) is 67.2 Å². The van der Waals surface area contributed by atoms with Gasteiger partial charge in [-0.25, -0.2) is 24.4 Å². The second kappa shape index (κ2) is 32.7. The number of fused-ring (bicyclic) bond motifs is 2. The van der Waals surface area contributed by atoms with Crippen molar-refractivity contribution in [3.05, 3.63) is 131 Å². The van der Waals surface area contributed by atoms with Crippen LogP contribution in [0.1, 0.15) is 128 Å². The predicted octanol–water partition coefficient (Wildman–Crippen LogP) is 7.53. The van der Waals surface area contributed by atoms with E-state index >= 15 is 0 Å². The molecule has 3 aromatic carbocycles. The zero-order valence-electron chi connectivity index (χ0n) is 59.7. The van der Waals surface area contributed by atoms with Gasteiger partial charge >= 0.3 is 18.0 Å². The largest absolute Gasteiger partial charge is 0.479 e. The number of carbonyl (C=O) groups excluding carboxylic acids is 6. The summed E-state index contributed by atoms with van der Waals surface area (Å²) in [6.45, 7) is 10.2. The van der Waals surface area contributed by atoms with Crippen molar-refractivity contribution in [1.29, 1.82) is 0 Å².